The zero-order valence-corrected chi connectivity index (χ0v) is 12.2. The number of hydrogen-bond acceptors (Lipinski definition) is 3. The zero-order chi connectivity index (χ0) is 15.4. The van der Waals surface area contributed by atoms with Gasteiger partial charge in [-0.25, -0.2) is 0 Å². The van der Waals surface area contributed by atoms with Crippen molar-refractivity contribution < 1.29 is 18.3 Å². The van der Waals surface area contributed by atoms with Gasteiger partial charge >= 0.3 is 6.61 Å². The summed E-state index contributed by atoms with van der Waals surface area (Å²) in [5.74, 6) is -0.631. The molecule has 7 heteroatoms. The maximum absolute atomic E-state index is 12.3. The van der Waals surface area contributed by atoms with Crippen molar-refractivity contribution in [3.8, 4) is 5.75 Å². The van der Waals surface area contributed by atoms with E-state index in [0.717, 1.165) is 0 Å². The zero-order valence-electron chi connectivity index (χ0n) is 10.6. The Kier molecular flexibility index (Phi) is 4.74. The molecule has 0 saturated heterocycles. The number of para-hydroxylation sites is 2. The van der Waals surface area contributed by atoms with Crippen molar-refractivity contribution in [2.75, 3.05) is 11.1 Å². The maximum atomic E-state index is 12.3. The molecule has 0 atom stereocenters. The minimum Gasteiger partial charge on any atom is -0.433 e. The molecule has 2 aromatic rings. The number of amides is 1. The highest BCUT2D eigenvalue weighted by atomic mass is 79.9. The first-order chi connectivity index (χ1) is 9.97. The van der Waals surface area contributed by atoms with Crippen molar-refractivity contribution in [2.45, 2.75) is 6.61 Å². The van der Waals surface area contributed by atoms with Crippen LogP contribution in [0.1, 0.15) is 10.4 Å². The third-order valence-electron chi connectivity index (χ3n) is 2.61. The number of anilines is 2. The van der Waals surface area contributed by atoms with Crippen LogP contribution in [0.25, 0.3) is 0 Å². The van der Waals surface area contributed by atoms with E-state index >= 15 is 0 Å². The van der Waals surface area contributed by atoms with E-state index in [1.54, 1.807) is 24.3 Å². The summed E-state index contributed by atoms with van der Waals surface area (Å²) >= 11 is 3.24. The standard InChI is InChI=1S/C14H11BrF2N2O2/c15-8-5-6-10(18)9(7-8)13(20)19-11-3-1-2-4-12(11)21-14(16)17/h1-7,14H,18H2,(H,19,20). The molecule has 0 aliphatic heterocycles. The molecule has 2 rings (SSSR count). The lowest BCUT2D eigenvalue weighted by molar-refractivity contribution is -0.0493. The summed E-state index contributed by atoms with van der Waals surface area (Å²) in [6, 6.07) is 10.7. The lowest BCUT2D eigenvalue weighted by atomic mass is 10.1. The first-order valence-corrected chi connectivity index (χ1v) is 6.67. The summed E-state index contributed by atoms with van der Waals surface area (Å²) < 4.78 is 29.7. The molecule has 0 radical (unpaired) electrons. The number of nitrogens with two attached hydrogens (primary N) is 1. The van der Waals surface area contributed by atoms with Crippen molar-refractivity contribution in [1.29, 1.82) is 0 Å². The minimum atomic E-state index is -2.97. The fraction of sp³-hybridized carbons (Fsp3) is 0.0714. The number of nitrogen functional groups attached to an aromatic ring is 1. The van der Waals surface area contributed by atoms with Crippen LogP contribution < -0.4 is 15.8 Å². The highest BCUT2D eigenvalue weighted by Gasteiger charge is 2.14. The highest BCUT2D eigenvalue weighted by Crippen LogP contribution is 2.27. The topological polar surface area (TPSA) is 64.4 Å². The Morgan fingerprint density at radius 1 is 1.24 bits per heavy atom. The molecule has 0 aliphatic rings. The predicted octanol–water partition coefficient (Wildman–Crippen LogP) is 3.89. The van der Waals surface area contributed by atoms with Crippen molar-refractivity contribution in [2.24, 2.45) is 0 Å². The summed E-state index contributed by atoms with van der Waals surface area (Å²) in [5.41, 5.74) is 6.38. The third-order valence-corrected chi connectivity index (χ3v) is 3.10. The number of halogens is 3. The van der Waals surface area contributed by atoms with Gasteiger partial charge in [-0.2, -0.15) is 8.78 Å². The van der Waals surface area contributed by atoms with Gasteiger partial charge in [0.25, 0.3) is 5.91 Å². The van der Waals surface area contributed by atoms with Crippen molar-refractivity contribution in [3.63, 3.8) is 0 Å². The second-order valence-corrected chi connectivity index (χ2v) is 4.98. The van der Waals surface area contributed by atoms with Gasteiger partial charge in [-0.1, -0.05) is 28.1 Å². The number of carbonyl (C=O) groups is 1. The molecule has 0 saturated carbocycles. The van der Waals surface area contributed by atoms with E-state index in [4.69, 9.17) is 5.73 Å². The number of benzene rings is 2. The Bertz CT molecular complexity index is 665. The van der Waals surface area contributed by atoms with Gasteiger partial charge in [0, 0.05) is 10.2 Å². The molecule has 3 N–H and O–H groups in total. The van der Waals surface area contributed by atoms with Crippen molar-refractivity contribution in [1.82, 2.24) is 0 Å². The van der Waals surface area contributed by atoms with Gasteiger partial charge < -0.3 is 15.8 Å². The molecule has 21 heavy (non-hydrogen) atoms. The van der Waals surface area contributed by atoms with Crippen LogP contribution in [-0.4, -0.2) is 12.5 Å². The molecule has 1 amide bonds. The number of rotatable bonds is 4. The molecule has 0 aliphatic carbocycles. The molecular formula is C14H11BrF2N2O2. The average molecular weight is 357 g/mol. The molecule has 2 aromatic carbocycles. The van der Waals surface area contributed by atoms with Crippen molar-refractivity contribution in [3.05, 3.63) is 52.5 Å². The second kappa shape index (κ2) is 6.53. The molecule has 0 heterocycles. The Balaban J connectivity index is 2.25. The van der Waals surface area contributed by atoms with Crippen LogP contribution in [0.5, 0.6) is 5.75 Å². The van der Waals surface area contributed by atoms with E-state index in [9.17, 15) is 13.6 Å². The van der Waals surface area contributed by atoms with Crippen LogP contribution in [0.4, 0.5) is 20.2 Å². The van der Waals surface area contributed by atoms with Crippen LogP contribution in [0.2, 0.25) is 0 Å². The molecule has 0 spiro atoms. The van der Waals surface area contributed by atoms with Crippen LogP contribution >= 0.6 is 15.9 Å². The predicted molar refractivity (Wildman–Crippen MR) is 79.6 cm³/mol. The van der Waals surface area contributed by atoms with E-state index in [1.165, 1.54) is 18.2 Å². The Morgan fingerprint density at radius 2 is 1.95 bits per heavy atom. The van der Waals surface area contributed by atoms with Gasteiger partial charge in [-0.15, -0.1) is 0 Å². The first kappa shape index (κ1) is 15.2. The SMILES string of the molecule is Nc1ccc(Br)cc1C(=O)Nc1ccccc1OC(F)F. The Morgan fingerprint density at radius 3 is 2.67 bits per heavy atom. The fourth-order valence-electron chi connectivity index (χ4n) is 1.68. The monoisotopic (exact) mass is 356 g/mol. The lowest BCUT2D eigenvalue weighted by Crippen LogP contribution is -2.15. The first-order valence-electron chi connectivity index (χ1n) is 5.87. The Labute approximate surface area is 128 Å². The number of carbonyl (C=O) groups excluding carboxylic acids is 1. The molecule has 0 unspecified atom stereocenters. The molecule has 0 fully saturated rings. The van der Waals surface area contributed by atoms with E-state index < -0.39 is 12.5 Å². The highest BCUT2D eigenvalue weighted by molar-refractivity contribution is 9.10. The molecule has 110 valence electrons. The summed E-state index contributed by atoms with van der Waals surface area (Å²) in [6.07, 6.45) is 0. The van der Waals surface area contributed by atoms with Crippen LogP contribution in [0.15, 0.2) is 46.9 Å². The summed E-state index contributed by atoms with van der Waals surface area (Å²) in [5, 5.41) is 2.50. The summed E-state index contributed by atoms with van der Waals surface area (Å²) in [6.45, 7) is -2.97. The van der Waals surface area contributed by atoms with Gasteiger partial charge in [-0.3, -0.25) is 4.79 Å². The molecule has 0 aromatic heterocycles. The second-order valence-electron chi connectivity index (χ2n) is 4.06. The van der Waals surface area contributed by atoms with Gasteiger partial charge in [0.1, 0.15) is 5.75 Å². The smallest absolute Gasteiger partial charge is 0.387 e. The van der Waals surface area contributed by atoms with E-state index in [1.807, 2.05) is 0 Å². The minimum absolute atomic E-state index is 0.116. The fourth-order valence-corrected chi connectivity index (χ4v) is 2.04. The van der Waals surface area contributed by atoms with Gasteiger partial charge in [0.15, 0.2) is 0 Å². The Hall–Kier alpha value is -2.15. The van der Waals surface area contributed by atoms with Gasteiger partial charge in [0.05, 0.1) is 11.3 Å². The summed E-state index contributed by atoms with van der Waals surface area (Å²) in [4.78, 5) is 12.2. The number of hydrogen-bond donors (Lipinski definition) is 2. The van der Waals surface area contributed by atoms with E-state index in [0.29, 0.717) is 4.47 Å². The number of ether oxygens (including phenoxy) is 1. The van der Waals surface area contributed by atoms with Crippen LogP contribution in [0.3, 0.4) is 0 Å². The van der Waals surface area contributed by atoms with Gasteiger partial charge in [0.2, 0.25) is 0 Å². The van der Waals surface area contributed by atoms with Crippen molar-refractivity contribution >= 4 is 33.2 Å². The molecular weight excluding hydrogens is 346 g/mol. The average Bonchev–Trinajstić information content (AvgIpc) is 2.43. The largest absolute Gasteiger partial charge is 0.433 e. The number of nitrogens with one attached hydrogen (secondary N) is 1. The quantitative estimate of drug-likeness (QED) is 0.817. The third kappa shape index (κ3) is 3.91. The van der Waals surface area contributed by atoms with Crippen LogP contribution in [0, 0.1) is 0 Å². The van der Waals surface area contributed by atoms with E-state index in [-0.39, 0.29) is 22.7 Å². The van der Waals surface area contributed by atoms with E-state index in [2.05, 4.69) is 26.0 Å². The van der Waals surface area contributed by atoms with Gasteiger partial charge in [-0.05, 0) is 30.3 Å². The van der Waals surface area contributed by atoms with Crippen LogP contribution in [-0.2, 0) is 0 Å². The maximum Gasteiger partial charge on any atom is 0.387 e. The summed E-state index contributed by atoms with van der Waals surface area (Å²) in [7, 11) is 0. The number of alkyl halides is 2. The lowest BCUT2D eigenvalue weighted by Gasteiger charge is -2.12. The molecule has 0 bridgehead atoms. The normalized spacial score (nSPS) is 10.5. The molecule has 4 nitrogen and oxygen atoms in total.